The first-order valence-corrected chi connectivity index (χ1v) is 12.7. The highest BCUT2D eigenvalue weighted by atomic mass is 33.1. The Morgan fingerprint density at radius 1 is 1.19 bits per heavy atom. The average Bonchev–Trinajstić information content (AvgIpc) is 3.37. The summed E-state index contributed by atoms with van der Waals surface area (Å²) in [6.45, 7) is 5.51. The van der Waals surface area contributed by atoms with E-state index in [2.05, 4.69) is 28.0 Å². The number of hydrogen-bond donors (Lipinski definition) is 0. The highest BCUT2D eigenvalue weighted by molar-refractivity contribution is 8.77. The van der Waals surface area contributed by atoms with Gasteiger partial charge in [-0.3, -0.25) is 9.69 Å². The van der Waals surface area contributed by atoms with Gasteiger partial charge in [0.15, 0.2) is 0 Å². The predicted octanol–water partition coefficient (Wildman–Crippen LogP) is 3.98. The minimum absolute atomic E-state index is 0.359. The van der Waals surface area contributed by atoms with Crippen molar-refractivity contribution >= 4 is 27.5 Å². The lowest BCUT2D eigenvalue weighted by Gasteiger charge is -2.35. The van der Waals surface area contributed by atoms with Crippen LogP contribution in [0.3, 0.4) is 0 Å². The summed E-state index contributed by atoms with van der Waals surface area (Å²) in [5, 5.41) is 0.833. The molecule has 0 aromatic heterocycles. The lowest BCUT2D eigenvalue weighted by Crippen LogP contribution is -2.48. The number of carbonyl (C=O) groups excluding carboxylic acids is 1. The van der Waals surface area contributed by atoms with Gasteiger partial charge in [-0.05, 0) is 36.5 Å². The molecule has 1 aromatic rings. The molecule has 148 valence electrons. The van der Waals surface area contributed by atoms with Crippen LogP contribution in [-0.2, 0) is 17.8 Å². The average molecular weight is 407 g/mol. The molecular formula is C21H30N2O2S2. The maximum Gasteiger partial charge on any atom is 0.222 e. The van der Waals surface area contributed by atoms with E-state index in [0.717, 1.165) is 69.6 Å². The maximum absolute atomic E-state index is 12.5. The molecule has 0 aliphatic carbocycles. The molecule has 1 atom stereocenters. The fourth-order valence-electron chi connectivity index (χ4n) is 4.12. The number of carbonyl (C=O) groups is 1. The van der Waals surface area contributed by atoms with Crippen LogP contribution in [0.4, 0.5) is 0 Å². The Morgan fingerprint density at radius 2 is 2.07 bits per heavy atom. The Morgan fingerprint density at radius 3 is 2.89 bits per heavy atom. The second kappa shape index (κ2) is 9.57. The summed E-state index contributed by atoms with van der Waals surface area (Å²) in [5.74, 6) is 2.72. The summed E-state index contributed by atoms with van der Waals surface area (Å²) in [6.07, 6.45) is 6.65. The van der Waals surface area contributed by atoms with E-state index in [1.54, 1.807) is 0 Å². The quantitative estimate of drug-likeness (QED) is 0.505. The number of piperazine rings is 1. The molecule has 27 heavy (non-hydrogen) atoms. The third-order valence-electron chi connectivity index (χ3n) is 5.78. The van der Waals surface area contributed by atoms with Gasteiger partial charge in [0.2, 0.25) is 5.91 Å². The molecule has 0 saturated carbocycles. The lowest BCUT2D eigenvalue weighted by molar-refractivity contribution is -0.133. The van der Waals surface area contributed by atoms with Gasteiger partial charge >= 0.3 is 0 Å². The molecule has 1 aromatic carbocycles. The highest BCUT2D eigenvalue weighted by Crippen LogP contribution is 2.39. The van der Waals surface area contributed by atoms with Crippen LogP contribution in [0, 0.1) is 0 Å². The predicted molar refractivity (Wildman–Crippen MR) is 114 cm³/mol. The largest absolute Gasteiger partial charge is 0.493 e. The Kier molecular flexibility index (Phi) is 6.90. The third kappa shape index (κ3) is 5.36. The zero-order chi connectivity index (χ0) is 18.5. The Labute approximate surface area is 170 Å². The van der Waals surface area contributed by atoms with Crippen LogP contribution in [0.25, 0.3) is 0 Å². The summed E-state index contributed by atoms with van der Waals surface area (Å²) >= 11 is 0. The van der Waals surface area contributed by atoms with Crippen molar-refractivity contribution in [3.63, 3.8) is 0 Å². The Hall–Kier alpha value is -0.850. The second-order valence-electron chi connectivity index (χ2n) is 7.77. The molecule has 2 fully saturated rings. The van der Waals surface area contributed by atoms with Crippen molar-refractivity contribution < 1.29 is 9.53 Å². The first kappa shape index (κ1) is 19.5. The number of hydrogen-bond acceptors (Lipinski definition) is 5. The van der Waals surface area contributed by atoms with Crippen LogP contribution in [0.5, 0.6) is 5.75 Å². The molecule has 2 saturated heterocycles. The topological polar surface area (TPSA) is 32.8 Å². The molecule has 6 heteroatoms. The normalized spacial score (nSPS) is 22.7. The van der Waals surface area contributed by atoms with E-state index in [9.17, 15) is 4.79 Å². The SMILES string of the molecule is O=C(CCCCC1CCSS1)N1CCN(Cc2ccc3c(c2)CCO3)CC1. The van der Waals surface area contributed by atoms with E-state index in [-0.39, 0.29) is 0 Å². The lowest BCUT2D eigenvalue weighted by atomic mass is 10.1. The zero-order valence-corrected chi connectivity index (χ0v) is 17.7. The van der Waals surface area contributed by atoms with E-state index >= 15 is 0 Å². The van der Waals surface area contributed by atoms with E-state index < -0.39 is 0 Å². The molecule has 0 radical (unpaired) electrons. The number of unbranched alkanes of at least 4 members (excludes halogenated alkanes) is 1. The van der Waals surface area contributed by atoms with Gasteiger partial charge in [-0.15, -0.1) is 0 Å². The molecule has 4 rings (SSSR count). The number of amides is 1. The molecule has 3 heterocycles. The smallest absolute Gasteiger partial charge is 0.222 e. The molecule has 0 N–H and O–H groups in total. The molecular weight excluding hydrogens is 376 g/mol. The van der Waals surface area contributed by atoms with Gasteiger partial charge in [-0.25, -0.2) is 0 Å². The van der Waals surface area contributed by atoms with Crippen molar-refractivity contribution in [1.29, 1.82) is 0 Å². The van der Waals surface area contributed by atoms with Crippen molar-refractivity contribution in [3.05, 3.63) is 29.3 Å². The highest BCUT2D eigenvalue weighted by Gasteiger charge is 2.22. The van der Waals surface area contributed by atoms with Gasteiger partial charge in [-0.1, -0.05) is 40.1 Å². The monoisotopic (exact) mass is 406 g/mol. The molecule has 1 amide bonds. The molecule has 0 bridgehead atoms. The van der Waals surface area contributed by atoms with Gasteiger partial charge in [0, 0.05) is 56.6 Å². The standard InChI is InChI=1S/C21H30N2O2S2/c24-21(4-2-1-3-19-8-14-26-27-19)23-11-9-22(10-12-23)16-17-5-6-20-18(15-17)7-13-25-20/h5-6,15,19H,1-4,7-14,16H2. The van der Waals surface area contributed by atoms with Crippen molar-refractivity contribution in [2.75, 3.05) is 38.5 Å². The van der Waals surface area contributed by atoms with Crippen molar-refractivity contribution in [2.24, 2.45) is 0 Å². The van der Waals surface area contributed by atoms with Crippen LogP contribution in [0.2, 0.25) is 0 Å². The molecule has 1 unspecified atom stereocenters. The van der Waals surface area contributed by atoms with Gasteiger partial charge in [-0.2, -0.15) is 0 Å². The van der Waals surface area contributed by atoms with Crippen LogP contribution < -0.4 is 4.74 Å². The number of benzene rings is 1. The summed E-state index contributed by atoms with van der Waals surface area (Å²) < 4.78 is 5.59. The minimum atomic E-state index is 0.359. The molecule has 3 aliphatic heterocycles. The number of ether oxygens (including phenoxy) is 1. The zero-order valence-electron chi connectivity index (χ0n) is 16.0. The summed E-state index contributed by atoms with van der Waals surface area (Å²) in [4.78, 5) is 17.0. The molecule has 0 spiro atoms. The third-order valence-corrected chi connectivity index (χ3v) is 8.79. The van der Waals surface area contributed by atoms with Gasteiger partial charge in [0.1, 0.15) is 5.75 Å². The van der Waals surface area contributed by atoms with E-state index in [1.165, 1.54) is 36.1 Å². The summed E-state index contributed by atoms with van der Waals surface area (Å²) in [6, 6.07) is 6.59. The fraction of sp³-hybridized carbons (Fsp3) is 0.667. The van der Waals surface area contributed by atoms with E-state index in [0.29, 0.717) is 5.91 Å². The Bertz CT molecular complexity index is 641. The van der Waals surface area contributed by atoms with Crippen LogP contribution in [0.15, 0.2) is 18.2 Å². The maximum atomic E-state index is 12.5. The van der Waals surface area contributed by atoms with Crippen molar-refractivity contribution in [2.45, 2.75) is 50.3 Å². The van der Waals surface area contributed by atoms with E-state index in [1.807, 2.05) is 21.6 Å². The first-order valence-electron chi connectivity index (χ1n) is 10.3. The summed E-state index contributed by atoms with van der Waals surface area (Å²) in [7, 11) is 4.05. The minimum Gasteiger partial charge on any atom is -0.493 e. The van der Waals surface area contributed by atoms with Gasteiger partial charge in [0.25, 0.3) is 0 Å². The number of rotatable bonds is 7. The fourth-order valence-corrected chi connectivity index (χ4v) is 7.15. The Balaban J connectivity index is 1.14. The summed E-state index contributed by atoms with van der Waals surface area (Å²) in [5.41, 5.74) is 2.71. The van der Waals surface area contributed by atoms with Crippen molar-refractivity contribution in [1.82, 2.24) is 9.80 Å². The van der Waals surface area contributed by atoms with Gasteiger partial charge in [0.05, 0.1) is 6.61 Å². The number of nitrogens with zero attached hydrogens (tertiary/aromatic N) is 2. The van der Waals surface area contributed by atoms with E-state index in [4.69, 9.17) is 4.74 Å². The second-order valence-corrected chi connectivity index (χ2v) is 10.6. The van der Waals surface area contributed by atoms with Crippen LogP contribution >= 0.6 is 21.6 Å². The molecule has 4 nitrogen and oxygen atoms in total. The first-order chi connectivity index (χ1) is 13.3. The number of fused-ring (bicyclic) bond motifs is 1. The van der Waals surface area contributed by atoms with Gasteiger partial charge < -0.3 is 9.64 Å². The van der Waals surface area contributed by atoms with Crippen LogP contribution in [-0.4, -0.2) is 59.5 Å². The van der Waals surface area contributed by atoms with Crippen molar-refractivity contribution in [3.8, 4) is 5.75 Å². The van der Waals surface area contributed by atoms with Crippen LogP contribution in [0.1, 0.15) is 43.2 Å². The molecule has 3 aliphatic rings.